The predicted octanol–water partition coefficient (Wildman–Crippen LogP) is 0.941. The molecule has 1 amide bonds. The van der Waals surface area contributed by atoms with Crippen LogP contribution >= 0.6 is 0 Å². The minimum atomic E-state index is -0.534. The number of carbonyl (C=O) groups excluding carboxylic acids is 1. The van der Waals surface area contributed by atoms with Crippen LogP contribution in [-0.4, -0.2) is 19.5 Å². The van der Waals surface area contributed by atoms with Gasteiger partial charge in [0.1, 0.15) is 0 Å². The van der Waals surface area contributed by atoms with Crippen molar-refractivity contribution in [3.05, 3.63) is 41.0 Å². The maximum absolute atomic E-state index is 12.0. The summed E-state index contributed by atoms with van der Waals surface area (Å²) in [5.41, 5.74) is -0.924. The number of hydrogen-bond donors (Lipinski definition) is 1. The summed E-state index contributed by atoms with van der Waals surface area (Å²) in [6.07, 6.45) is 5.47. The van der Waals surface area contributed by atoms with E-state index in [4.69, 9.17) is 12.5 Å². The summed E-state index contributed by atoms with van der Waals surface area (Å²) in [6, 6.07) is 1.13. The summed E-state index contributed by atoms with van der Waals surface area (Å²) >= 11 is 0. The van der Waals surface area contributed by atoms with Crippen LogP contribution in [0, 0.1) is 0 Å². The van der Waals surface area contributed by atoms with Crippen LogP contribution in [-0.2, 0) is 0 Å². The molecule has 1 aromatic heterocycles. The highest BCUT2D eigenvalue weighted by molar-refractivity contribution is 6.02. The molecule has 1 aliphatic rings. The highest BCUT2D eigenvalue weighted by atomic mass is 16.4. The number of rotatable bonds is 4. The van der Waals surface area contributed by atoms with E-state index in [1.54, 1.807) is 6.08 Å². The van der Waals surface area contributed by atoms with Gasteiger partial charge in [0.05, 0.1) is 11.8 Å². The molecule has 5 nitrogen and oxygen atoms in total. The first-order chi connectivity index (χ1) is 8.62. The molecular weight excluding hydrogens is 233 g/mol. The summed E-state index contributed by atoms with van der Waals surface area (Å²) in [5.74, 6) is -1.06. The van der Waals surface area contributed by atoms with Crippen LogP contribution in [0.5, 0.6) is 5.75 Å². The van der Waals surface area contributed by atoms with Gasteiger partial charge < -0.3 is 14.4 Å². The van der Waals surface area contributed by atoms with Crippen LogP contribution < -0.4 is 15.4 Å². The normalized spacial score (nSPS) is 16.4. The van der Waals surface area contributed by atoms with Gasteiger partial charge in [-0.15, -0.1) is 6.58 Å². The first-order valence-electron chi connectivity index (χ1n) is 5.56. The van der Waals surface area contributed by atoms with Crippen LogP contribution in [0.4, 0.5) is 0 Å². The van der Waals surface area contributed by atoms with Crippen LogP contribution in [0.15, 0.2) is 34.2 Å². The highest BCUT2D eigenvalue weighted by Crippen LogP contribution is 2.33. The second-order valence-electron chi connectivity index (χ2n) is 4.23. The molecule has 1 aromatic rings. The van der Waals surface area contributed by atoms with Crippen molar-refractivity contribution in [2.45, 2.75) is 24.8 Å². The zero-order valence-corrected chi connectivity index (χ0v) is 9.77. The zero-order valence-electron chi connectivity index (χ0n) is 9.77. The number of nitrogens with one attached hydrogen (secondary N) is 1. The van der Waals surface area contributed by atoms with E-state index >= 15 is 0 Å². The molecule has 92 valence electrons. The quantitative estimate of drug-likeness (QED) is 0.633. The molecule has 0 unspecified atom stereocenters. The van der Waals surface area contributed by atoms with Gasteiger partial charge >= 0.3 is 8.05 Å². The van der Waals surface area contributed by atoms with Crippen molar-refractivity contribution in [1.82, 2.24) is 5.32 Å². The molecule has 1 heterocycles. The van der Waals surface area contributed by atoms with Crippen LogP contribution in [0.2, 0.25) is 0 Å². The van der Waals surface area contributed by atoms with E-state index in [2.05, 4.69) is 16.6 Å². The topological polar surface area (TPSA) is 68.5 Å². The molecule has 0 aliphatic heterocycles. The Morgan fingerprint density at radius 1 is 1.61 bits per heavy atom. The minimum Gasteiger partial charge on any atom is -0.563 e. The van der Waals surface area contributed by atoms with Gasteiger partial charge in [-0.05, 0) is 19.3 Å². The van der Waals surface area contributed by atoms with Gasteiger partial charge in [-0.25, -0.2) is 0 Å². The third-order valence-corrected chi connectivity index (χ3v) is 3.16. The van der Waals surface area contributed by atoms with Gasteiger partial charge in [-0.2, -0.15) is 0 Å². The van der Waals surface area contributed by atoms with Crippen molar-refractivity contribution in [2.24, 2.45) is 0 Å². The lowest BCUT2D eigenvalue weighted by Crippen LogP contribution is -2.51. The summed E-state index contributed by atoms with van der Waals surface area (Å²) in [7, 11) is 4.97. The largest absolute Gasteiger partial charge is 0.563 e. The molecule has 6 heteroatoms. The molecular formula is C12H12BNO4. The molecule has 1 N–H and O–H groups in total. The molecule has 18 heavy (non-hydrogen) atoms. The van der Waals surface area contributed by atoms with Crippen molar-refractivity contribution in [3.63, 3.8) is 0 Å². The second-order valence-corrected chi connectivity index (χ2v) is 4.23. The molecule has 0 spiro atoms. The Balaban J connectivity index is 2.26. The molecule has 0 aromatic carbocycles. The fourth-order valence-electron chi connectivity index (χ4n) is 1.89. The van der Waals surface area contributed by atoms with E-state index in [9.17, 15) is 9.59 Å². The van der Waals surface area contributed by atoms with Crippen molar-refractivity contribution in [3.8, 4) is 5.75 Å². The highest BCUT2D eigenvalue weighted by Gasteiger charge is 2.36. The van der Waals surface area contributed by atoms with Crippen LogP contribution in [0.25, 0.3) is 0 Å². The minimum absolute atomic E-state index is 0.224. The molecule has 2 rings (SSSR count). The molecule has 0 atom stereocenters. The summed E-state index contributed by atoms with van der Waals surface area (Å²) < 4.78 is 9.40. The third-order valence-electron chi connectivity index (χ3n) is 3.16. The Labute approximate surface area is 105 Å². The molecule has 2 radical (unpaired) electrons. The van der Waals surface area contributed by atoms with Gasteiger partial charge in [0, 0.05) is 6.07 Å². The molecule has 1 aliphatic carbocycles. The first-order valence-corrected chi connectivity index (χ1v) is 5.56. The van der Waals surface area contributed by atoms with E-state index in [1.165, 1.54) is 0 Å². The van der Waals surface area contributed by atoms with Crippen molar-refractivity contribution in [2.75, 3.05) is 0 Å². The molecule has 1 saturated carbocycles. The SMILES string of the molecule is [B]Oc1c(C(=O)NC2(C=C)CCC2)occc1=O. The Morgan fingerprint density at radius 2 is 2.33 bits per heavy atom. The first kappa shape index (κ1) is 12.5. The predicted molar refractivity (Wildman–Crippen MR) is 65.6 cm³/mol. The Bertz CT molecular complexity index is 533. The van der Waals surface area contributed by atoms with E-state index in [0.717, 1.165) is 31.6 Å². The molecule has 0 saturated heterocycles. The monoisotopic (exact) mass is 245 g/mol. The average molecular weight is 245 g/mol. The molecule has 0 bridgehead atoms. The zero-order chi connectivity index (χ0) is 13.2. The number of amides is 1. The summed E-state index contributed by atoms with van der Waals surface area (Å²) in [5, 5.41) is 2.77. The summed E-state index contributed by atoms with van der Waals surface area (Å²) in [4.78, 5) is 23.4. The van der Waals surface area contributed by atoms with Gasteiger partial charge in [-0.1, -0.05) is 6.08 Å². The summed E-state index contributed by atoms with van der Waals surface area (Å²) in [6.45, 7) is 3.70. The van der Waals surface area contributed by atoms with Gasteiger partial charge in [0.25, 0.3) is 5.91 Å². The standard InChI is InChI=1S/C12H12BNO4/c1-2-12(5-3-6-12)14-11(16)10-9(18-13)8(15)4-7-17-10/h2,4,7H,1,3,5-6H2,(H,14,16). The Kier molecular flexibility index (Phi) is 3.27. The van der Waals surface area contributed by atoms with Crippen molar-refractivity contribution < 1.29 is 13.9 Å². The lowest BCUT2D eigenvalue weighted by molar-refractivity contribution is 0.0842. The number of carbonyl (C=O) groups is 1. The van der Waals surface area contributed by atoms with Gasteiger partial charge in [0.2, 0.25) is 11.2 Å². The third kappa shape index (κ3) is 2.06. The fraction of sp³-hybridized carbons (Fsp3) is 0.333. The maximum Gasteiger partial charge on any atom is 0.374 e. The van der Waals surface area contributed by atoms with Crippen LogP contribution in [0.3, 0.4) is 0 Å². The Hall–Kier alpha value is -1.98. The lowest BCUT2D eigenvalue weighted by Gasteiger charge is -2.39. The van der Waals surface area contributed by atoms with Gasteiger partial charge in [-0.3, -0.25) is 9.59 Å². The average Bonchev–Trinajstić information content (AvgIpc) is 2.33. The Morgan fingerprint density at radius 3 is 2.83 bits per heavy atom. The van der Waals surface area contributed by atoms with E-state index < -0.39 is 16.9 Å². The van der Waals surface area contributed by atoms with E-state index in [1.807, 2.05) is 0 Å². The second kappa shape index (κ2) is 4.72. The van der Waals surface area contributed by atoms with Crippen LogP contribution in [0.1, 0.15) is 29.8 Å². The van der Waals surface area contributed by atoms with Crippen molar-refractivity contribution >= 4 is 14.0 Å². The maximum atomic E-state index is 12.0. The lowest BCUT2D eigenvalue weighted by atomic mass is 9.77. The fourth-order valence-corrected chi connectivity index (χ4v) is 1.89. The smallest absolute Gasteiger partial charge is 0.374 e. The molecule has 1 fully saturated rings. The van der Waals surface area contributed by atoms with E-state index in [0.29, 0.717) is 0 Å². The van der Waals surface area contributed by atoms with E-state index in [-0.39, 0.29) is 11.5 Å². The van der Waals surface area contributed by atoms with Crippen molar-refractivity contribution in [1.29, 1.82) is 0 Å². The number of hydrogen-bond acceptors (Lipinski definition) is 4. The van der Waals surface area contributed by atoms with Gasteiger partial charge in [0.15, 0.2) is 5.75 Å².